The van der Waals surface area contributed by atoms with Gasteiger partial charge in [0.15, 0.2) is 0 Å². The molecule has 4 rings (SSSR count). The van der Waals surface area contributed by atoms with Gasteiger partial charge in [-0.25, -0.2) is 4.98 Å². The van der Waals surface area contributed by atoms with Crippen molar-refractivity contribution < 1.29 is 27.4 Å². The Hall–Kier alpha value is -3.62. The van der Waals surface area contributed by atoms with E-state index in [2.05, 4.69) is 4.98 Å². The van der Waals surface area contributed by atoms with Crippen molar-refractivity contribution in [1.82, 2.24) is 4.98 Å². The Kier molecular flexibility index (Phi) is 6.72. The summed E-state index contributed by atoms with van der Waals surface area (Å²) in [5.41, 5.74) is 8.04. The highest BCUT2D eigenvalue weighted by molar-refractivity contribution is 5.65. The second kappa shape index (κ2) is 9.70. The number of nitrogens with zero attached hydrogens (tertiary/aromatic N) is 1. The fraction of sp³-hybridized carbons (Fsp3) is 0.192. The Morgan fingerprint density at radius 1 is 0.971 bits per heavy atom. The van der Waals surface area contributed by atoms with Crippen LogP contribution < -0.4 is 10.5 Å². The van der Waals surface area contributed by atoms with Crippen LogP contribution in [-0.2, 0) is 12.8 Å². The number of benzene rings is 3. The van der Waals surface area contributed by atoms with Gasteiger partial charge in [-0.15, -0.1) is 0 Å². The fourth-order valence-corrected chi connectivity index (χ4v) is 3.53. The summed E-state index contributed by atoms with van der Waals surface area (Å²) in [5.74, 6) is 0.0823. The van der Waals surface area contributed by atoms with Crippen molar-refractivity contribution >= 4 is 0 Å². The van der Waals surface area contributed by atoms with Crippen LogP contribution in [0.3, 0.4) is 0 Å². The highest BCUT2D eigenvalue weighted by Gasteiger charge is 2.35. The normalized spacial score (nSPS) is 12.5. The standard InChI is InChI=1S/C26H23F3N2O3/c1-16-24(31-25(34-16)22(30)14-32)20-11-12-23(21(13-20)26(27,28)29)33-15-17-7-9-19(10-8-17)18-5-3-2-4-6-18/h2-13,22,32H,14-15,30H2,1H3. The zero-order chi connectivity index (χ0) is 24.3. The molecule has 0 amide bonds. The molecule has 0 aliphatic carbocycles. The molecule has 4 aromatic rings. The molecule has 1 aromatic heterocycles. The number of nitrogens with two attached hydrogens (primary N) is 1. The molecule has 5 nitrogen and oxygen atoms in total. The van der Waals surface area contributed by atoms with Crippen LogP contribution in [0.4, 0.5) is 13.2 Å². The van der Waals surface area contributed by atoms with Gasteiger partial charge in [0.25, 0.3) is 0 Å². The Balaban J connectivity index is 1.56. The molecule has 0 fully saturated rings. The van der Waals surface area contributed by atoms with Gasteiger partial charge in [-0.05, 0) is 41.8 Å². The number of aryl methyl sites for hydroxylation is 1. The lowest BCUT2D eigenvalue weighted by Crippen LogP contribution is -2.14. The zero-order valence-corrected chi connectivity index (χ0v) is 18.3. The van der Waals surface area contributed by atoms with E-state index in [-0.39, 0.29) is 29.5 Å². The van der Waals surface area contributed by atoms with Gasteiger partial charge in [-0.1, -0.05) is 54.6 Å². The molecule has 34 heavy (non-hydrogen) atoms. The number of aromatic nitrogens is 1. The van der Waals surface area contributed by atoms with E-state index in [9.17, 15) is 18.3 Å². The average molecular weight is 468 g/mol. The lowest BCUT2D eigenvalue weighted by atomic mass is 10.0. The van der Waals surface area contributed by atoms with Crippen LogP contribution in [-0.4, -0.2) is 16.7 Å². The van der Waals surface area contributed by atoms with Crippen molar-refractivity contribution in [1.29, 1.82) is 0 Å². The Bertz CT molecular complexity index is 1250. The number of alkyl halides is 3. The second-order valence-electron chi connectivity index (χ2n) is 7.81. The molecule has 3 N–H and O–H groups in total. The van der Waals surface area contributed by atoms with Gasteiger partial charge < -0.3 is 20.0 Å². The molecule has 8 heteroatoms. The number of ether oxygens (including phenoxy) is 1. The van der Waals surface area contributed by atoms with E-state index in [0.717, 1.165) is 22.8 Å². The van der Waals surface area contributed by atoms with Gasteiger partial charge in [0.05, 0.1) is 12.2 Å². The minimum atomic E-state index is -4.63. The van der Waals surface area contributed by atoms with Crippen molar-refractivity contribution in [3.8, 4) is 28.1 Å². The third-order valence-electron chi connectivity index (χ3n) is 5.34. The van der Waals surface area contributed by atoms with Gasteiger partial charge in [0.2, 0.25) is 5.89 Å². The zero-order valence-electron chi connectivity index (χ0n) is 18.3. The monoisotopic (exact) mass is 468 g/mol. The first-order valence-electron chi connectivity index (χ1n) is 10.6. The molecular weight excluding hydrogens is 445 g/mol. The summed E-state index contributed by atoms with van der Waals surface area (Å²) in [6.45, 7) is 1.16. The molecule has 1 heterocycles. The SMILES string of the molecule is Cc1oc(C(N)CO)nc1-c1ccc(OCc2ccc(-c3ccccc3)cc2)c(C(F)(F)F)c1. The third-order valence-corrected chi connectivity index (χ3v) is 5.34. The van der Waals surface area contributed by atoms with Crippen molar-refractivity contribution in [2.24, 2.45) is 5.73 Å². The number of aliphatic hydroxyl groups excluding tert-OH is 1. The summed E-state index contributed by atoms with van der Waals surface area (Å²) in [6.07, 6.45) is -4.63. The topological polar surface area (TPSA) is 81.5 Å². The third kappa shape index (κ3) is 5.13. The van der Waals surface area contributed by atoms with Crippen LogP contribution in [0.5, 0.6) is 5.75 Å². The summed E-state index contributed by atoms with van der Waals surface area (Å²) >= 11 is 0. The number of rotatable bonds is 7. The fourth-order valence-electron chi connectivity index (χ4n) is 3.53. The summed E-state index contributed by atoms with van der Waals surface area (Å²) < 4.78 is 52.4. The van der Waals surface area contributed by atoms with Crippen molar-refractivity contribution in [2.75, 3.05) is 6.61 Å². The molecule has 1 unspecified atom stereocenters. The van der Waals surface area contributed by atoms with Gasteiger partial charge >= 0.3 is 6.18 Å². The van der Waals surface area contributed by atoms with Crippen LogP contribution >= 0.6 is 0 Å². The summed E-state index contributed by atoms with van der Waals surface area (Å²) in [5, 5.41) is 9.18. The molecule has 1 atom stereocenters. The van der Waals surface area contributed by atoms with Crippen molar-refractivity contribution in [2.45, 2.75) is 25.7 Å². The van der Waals surface area contributed by atoms with E-state index in [4.69, 9.17) is 14.9 Å². The minimum absolute atomic E-state index is 0.0179. The van der Waals surface area contributed by atoms with Crippen LogP contribution in [0, 0.1) is 6.92 Å². The number of hydrogen-bond acceptors (Lipinski definition) is 5. The average Bonchev–Trinajstić information content (AvgIpc) is 3.24. The highest BCUT2D eigenvalue weighted by Crippen LogP contribution is 2.39. The lowest BCUT2D eigenvalue weighted by molar-refractivity contribution is -0.139. The second-order valence-corrected chi connectivity index (χ2v) is 7.81. The quantitative estimate of drug-likeness (QED) is 0.353. The molecule has 176 valence electrons. The van der Waals surface area contributed by atoms with Gasteiger partial charge in [-0.2, -0.15) is 13.2 Å². The molecule has 0 saturated carbocycles. The minimum Gasteiger partial charge on any atom is -0.488 e. The Morgan fingerprint density at radius 3 is 2.26 bits per heavy atom. The molecule has 0 bridgehead atoms. The summed E-state index contributed by atoms with van der Waals surface area (Å²) in [6, 6.07) is 20.1. The molecule has 3 aromatic carbocycles. The van der Waals surface area contributed by atoms with Crippen molar-refractivity contribution in [3.05, 3.63) is 95.6 Å². The van der Waals surface area contributed by atoms with Crippen LogP contribution in [0.25, 0.3) is 22.4 Å². The Labute approximate surface area is 194 Å². The summed E-state index contributed by atoms with van der Waals surface area (Å²) in [7, 11) is 0. The van der Waals surface area contributed by atoms with Gasteiger partial charge in [0.1, 0.15) is 29.9 Å². The first-order valence-corrected chi connectivity index (χ1v) is 10.6. The van der Waals surface area contributed by atoms with Crippen LogP contribution in [0.2, 0.25) is 0 Å². The van der Waals surface area contributed by atoms with E-state index in [0.29, 0.717) is 5.76 Å². The largest absolute Gasteiger partial charge is 0.488 e. The van der Waals surface area contributed by atoms with Crippen LogP contribution in [0.1, 0.15) is 28.8 Å². The molecule has 0 radical (unpaired) electrons. The molecule has 0 saturated heterocycles. The van der Waals surface area contributed by atoms with E-state index < -0.39 is 24.4 Å². The van der Waals surface area contributed by atoms with Gasteiger partial charge in [-0.3, -0.25) is 0 Å². The molecule has 0 spiro atoms. The smallest absolute Gasteiger partial charge is 0.419 e. The Morgan fingerprint density at radius 2 is 1.62 bits per heavy atom. The van der Waals surface area contributed by atoms with E-state index in [1.54, 1.807) is 6.92 Å². The maximum atomic E-state index is 13.8. The number of oxazole rings is 1. The van der Waals surface area contributed by atoms with Crippen LogP contribution in [0.15, 0.2) is 77.2 Å². The van der Waals surface area contributed by atoms with Gasteiger partial charge in [0, 0.05) is 5.56 Å². The maximum absolute atomic E-state index is 13.8. The number of aliphatic hydroxyl groups is 1. The first kappa shape index (κ1) is 23.5. The number of halogens is 3. The molecule has 0 aliphatic heterocycles. The first-order chi connectivity index (χ1) is 16.3. The van der Waals surface area contributed by atoms with E-state index in [1.165, 1.54) is 12.1 Å². The number of hydrogen-bond donors (Lipinski definition) is 2. The maximum Gasteiger partial charge on any atom is 0.419 e. The predicted molar refractivity (Wildman–Crippen MR) is 122 cm³/mol. The van der Waals surface area contributed by atoms with Crippen molar-refractivity contribution in [3.63, 3.8) is 0 Å². The molecule has 0 aliphatic rings. The van der Waals surface area contributed by atoms with E-state index >= 15 is 0 Å². The van der Waals surface area contributed by atoms with E-state index in [1.807, 2.05) is 54.6 Å². The highest BCUT2D eigenvalue weighted by atomic mass is 19.4. The predicted octanol–water partition coefficient (Wildman–Crippen LogP) is 5.91. The summed E-state index contributed by atoms with van der Waals surface area (Å²) in [4.78, 5) is 4.17. The molecular formula is C26H23F3N2O3. The lowest BCUT2D eigenvalue weighted by Gasteiger charge is -2.15.